The van der Waals surface area contributed by atoms with Crippen LogP contribution in [-0.4, -0.2) is 5.78 Å². The van der Waals surface area contributed by atoms with Crippen molar-refractivity contribution in [3.05, 3.63) is 34.3 Å². The minimum Gasteiger partial charge on any atom is -0.299 e. The van der Waals surface area contributed by atoms with Gasteiger partial charge in [-0.15, -0.1) is 0 Å². The molecular weight excluding hydrogens is 220 g/mol. The fourth-order valence-electron chi connectivity index (χ4n) is 1.61. The third-order valence-electron chi connectivity index (χ3n) is 2.87. The van der Waals surface area contributed by atoms with Crippen LogP contribution in [0.25, 0.3) is 0 Å². The molecule has 0 aromatic heterocycles. The molecule has 1 unspecified atom stereocenters. The molecule has 1 atom stereocenters. The second-order valence-electron chi connectivity index (χ2n) is 4.53. The van der Waals surface area contributed by atoms with Crippen molar-refractivity contribution in [2.75, 3.05) is 0 Å². The van der Waals surface area contributed by atoms with Crippen LogP contribution in [0.3, 0.4) is 0 Å². The number of benzene rings is 1. The van der Waals surface area contributed by atoms with Crippen molar-refractivity contribution in [3.8, 4) is 0 Å². The zero-order valence-electron chi connectivity index (χ0n) is 10.2. The predicted molar refractivity (Wildman–Crippen MR) is 69.0 cm³/mol. The van der Waals surface area contributed by atoms with Crippen molar-refractivity contribution in [2.45, 2.75) is 40.0 Å². The Morgan fingerprint density at radius 3 is 2.69 bits per heavy atom. The van der Waals surface area contributed by atoms with Crippen LogP contribution in [-0.2, 0) is 11.2 Å². The van der Waals surface area contributed by atoms with Gasteiger partial charge < -0.3 is 0 Å². The quantitative estimate of drug-likeness (QED) is 0.752. The van der Waals surface area contributed by atoms with Crippen molar-refractivity contribution < 1.29 is 4.79 Å². The number of aryl methyl sites for hydroxylation is 1. The second-order valence-corrected chi connectivity index (χ2v) is 4.94. The Hall–Kier alpha value is -0.820. The van der Waals surface area contributed by atoms with Crippen molar-refractivity contribution in [2.24, 2.45) is 5.92 Å². The zero-order chi connectivity index (χ0) is 12.1. The predicted octanol–water partition coefficient (Wildman–Crippen LogP) is 4.20. The monoisotopic (exact) mass is 238 g/mol. The summed E-state index contributed by atoms with van der Waals surface area (Å²) in [6, 6.07) is 5.86. The van der Waals surface area contributed by atoms with E-state index in [4.69, 9.17) is 11.6 Å². The van der Waals surface area contributed by atoms with Gasteiger partial charge in [-0.1, -0.05) is 44.0 Å². The van der Waals surface area contributed by atoms with Crippen LogP contribution in [0, 0.1) is 12.8 Å². The smallest absolute Gasteiger partial charge is 0.137 e. The number of rotatable bonds is 5. The van der Waals surface area contributed by atoms with Gasteiger partial charge in [0, 0.05) is 17.9 Å². The van der Waals surface area contributed by atoms with E-state index in [1.165, 1.54) is 0 Å². The molecule has 1 aromatic carbocycles. The molecule has 0 radical (unpaired) electrons. The first kappa shape index (κ1) is 13.2. The number of carbonyl (C=O) groups is 1. The maximum Gasteiger partial charge on any atom is 0.137 e. The Morgan fingerprint density at radius 1 is 1.44 bits per heavy atom. The van der Waals surface area contributed by atoms with Crippen molar-refractivity contribution in [1.29, 1.82) is 0 Å². The SMILES string of the molecule is CCC(C)CC(=O)Cc1ccc(C)cc1Cl. The fraction of sp³-hybridized carbons (Fsp3) is 0.500. The summed E-state index contributed by atoms with van der Waals surface area (Å²) < 4.78 is 0. The van der Waals surface area contributed by atoms with Gasteiger partial charge >= 0.3 is 0 Å². The largest absolute Gasteiger partial charge is 0.299 e. The van der Waals surface area contributed by atoms with Crippen LogP contribution in [0.4, 0.5) is 0 Å². The van der Waals surface area contributed by atoms with E-state index in [1.54, 1.807) is 0 Å². The Labute approximate surface area is 103 Å². The van der Waals surface area contributed by atoms with E-state index in [-0.39, 0.29) is 5.78 Å². The lowest BCUT2D eigenvalue weighted by Crippen LogP contribution is -2.08. The average Bonchev–Trinajstić information content (AvgIpc) is 2.22. The summed E-state index contributed by atoms with van der Waals surface area (Å²) in [5.41, 5.74) is 2.07. The number of Topliss-reactive ketones (excluding diaryl/α,β-unsaturated/α-hetero) is 1. The minimum atomic E-state index is 0.278. The molecule has 0 aliphatic rings. The topological polar surface area (TPSA) is 17.1 Å². The van der Waals surface area contributed by atoms with Crippen LogP contribution in [0.5, 0.6) is 0 Å². The van der Waals surface area contributed by atoms with E-state index in [0.717, 1.165) is 17.5 Å². The lowest BCUT2D eigenvalue weighted by molar-refractivity contribution is -0.119. The highest BCUT2D eigenvalue weighted by Gasteiger charge is 2.10. The fourth-order valence-corrected chi connectivity index (χ4v) is 1.92. The highest BCUT2D eigenvalue weighted by Crippen LogP contribution is 2.19. The van der Waals surface area contributed by atoms with E-state index in [2.05, 4.69) is 13.8 Å². The summed E-state index contributed by atoms with van der Waals surface area (Å²) in [7, 11) is 0. The van der Waals surface area contributed by atoms with Crippen molar-refractivity contribution in [3.63, 3.8) is 0 Å². The third kappa shape index (κ3) is 3.97. The van der Waals surface area contributed by atoms with Gasteiger partial charge in [0.15, 0.2) is 0 Å². The van der Waals surface area contributed by atoms with Gasteiger partial charge in [-0.3, -0.25) is 4.79 Å². The summed E-state index contributed by atoms with van der Waals surface area (Å²) >= 11 is 6.09. The summed E-state index contributed by atoms with van der Waals surface area (Å²) in [5, 5.41) is 0.706. The van der Waals surface area contributed by atoms with Crippen LogP contribution in [0.15, 0.2) is 18.2 Å². The molecule has 1 rings (SSSR count). The normalized spacial score (nSPS) is 12.5. The summed E-state index contributed by atoms with van der Waals surface area (Å²) in [4.78, 5) is 11.8. The first-order chi connectivity index (χ1) is 7.52. The van der Waals surface area contributed by atoms with Crippen molar-refractivity contribution in [1.82, 2.24) is 0 Å². The molecule has 0 N–H and O–H groups in total. The van der Waals surface area contributed by atoms with Gasteiger partial charge in [-0.25, -0.2) is 0 Å². The molecule has 0 saturated carbocycles. The molecule has 0 aliphatic carbocycles. The first-order valence-corrected chi connectivity index (χ1v) is 6.17. The van der Waals surface area contributed by atoms with Crippen molar-refractivity contribution >= 4 is 17.4 Å². The summed E-state index contributed by atoms with van der Waals surface area (Å²) in [6.07, 6.45) is 2.16. The van der Waals surface area contributed by atoms with E-state index < -0.39 is 0 Å². The van der Waals surface area contributed by atoms with E-state index in [1.807, 2.05) is 25.1 Å². The lowest BCUT2D eigenvalue weighted by Gasteiger charge is -2.08. The Kier molecular flexibility index (Phi) is 5.01. The molecule has 1 nitrogen and oxygen atoms in total. The van der Waals surface area contributed by atoms with Crippen LogP contribution >= 0.6 is 11.6 Å². The molecule has 0 saturated heterocycles. The average molecular weight is 239 g/mol. The van der Waals surface area contributed by atoms with Gasteiger partial charge in [0.1, 0.15) is 5.78 Å². The molecule has 88 valence electrons. The molecule has 2 heteroatoms. The van der Waals surface area contributed by atoms with Crippen LogP contribution in [0.2, 0.25) is 5.02 Å². The van der Waals surface area contributed by atoms with Gasteiger partial charge in [0.05, 0.1) is 0 Å². The number of hydrogen-bond acceptors (Lipinski definition) is 1. The van der Waals surface area contributed by atoms with E-state index in [9.17, 15) is 4.79 Å². The van der Waals surface area contributed by atoms with Crippen LogP contribution < -0.4 is 0 Å². The molecular formula is C14H19ClO. The molecule has 0 aliphatic heterocycles. The summed E-state index contributed by atoms with van der Waals surface area (Å²) in [6.45, 7) is 6.21. The standard InChI is InChI=1S/C14H19ClO/c1-4-10(2)7-13(16)9-12-6-5-11(3)8-14(12)15/h5-6,8,10H,4,7,9H2,1-3H3. The molecule has 0 spiro atoms. The van der Waals surface area contributed by atoms with Gasteiger partial charge in [-0.05, 0) is 30.0 Å². The van der Waals surface area contributed by atoms with Gasteiger partial charge in [0.25, 0.3) is 0 Å². The Balaban J connectivity index is 2.63. The molecule has 0 fully saturated rings. The maximum absolute atomic E-state index is 11.8. The molecule has 0 amide bonds. The van der Waals surface area contributed by atoms with E-state index >= 15 is 0 Å². The first-order valence-electron chi connectivity index (χ1n) is 5.79. The molecule has 0 bridgehead atoms. The summed E-state index contributed by atoms with van der Waals surface area (Å²) in [5.74, 6) is 0.747. The molecule has 16 heavy (non-hydrogen) atoms. The van der Waals surface area contributed by atoms with E-state index in [0.29, 0.717) is 23.8 Å². The number of hydrogen-bond donors (Lipinski definition) is 0. The Bertz CT molecular complexity index is 371. The highest BCUT2D eigenvalue weighted by atomic mass is 35.5. The molecule has 1 aromatic rings. The Morgan fingerprint density at radius 2 is 2.12 bits per heavy atom. The number of carbonyl (C=O) groups excluding carboxylic acids is 1. The molecule has 0 heterocycles. The van der Waals surface area contributed by atoms with Crippen LogP contribution in [0.1, 0.15) is 37.8 Å². The lowest BCUT2D eigenvalue weighted by atomic mass is 9.97. The second kappa shape index (κ2) is 6.05. The van der Waals surface area contributed by atoms with Gasteiger partial charge in [-0.2, -0.15) is 0 Å². The number of ketones is 1. The zero-order valence-corrected chi connectivity index (χ0v) is 11.0. The highest BCUT2D eigenvalue weighted by molar-refractivity contribution is 6.31. The third-order valence-corrected chi connectivity index (χ3v) is 3.22. The van der Waals surface area contributed by atoms with Gasteiger partial charge in [0.2, 0.25) is 0 Å². The minimum absolute atomic E-state index is 0.278. The maximum atomic E-state index is 11.8. The number of halogens is 1.